The number of hydrogen-bond donors (Lipinski definition) is 1. The predicted molar refractivity (Wildman–Crippen MR) is 53.6 cm³/mol. The van der Waals surface area contributed by atoms with Gasteiger partial charge in [0.25, 0.3) is 0 Å². The van der Waals surface area contributed by atoms with Crippen molar-refractivity contribution in [3.63, 3.8) is 0 Å². The lowest BCUT2D eigenvalue weighted by Crippen LogP contribution is -2.44. The minimum Gasteiger partial charge on any atom is -0.478 e. The topological polar surface area (TPSA) is 66.8 Å². The van der Waals surface area contributed by atoms with Crippen LogP contribution in [0.3, 0.4) is 0 Å². The van der Waals surface area contributed by atoms with Crippen molar-refractivity contribution in [2.45, 2.75) is 38.7 Å². The van der Waals surface area contributed by atoms with Crippen molar-refractivity contribution in [3.05, 3.63) is 0 Å². The van der Waals surface area contributed by atoms with Crippen LogP contribution < -0.4 is 0 Å². The van der Waals surface area contributed by atoms with Crippen LogP contribution >= 0.6 is 0 Å². The Morgan fingerprint density at radius 3 is 2.20 bits per heavy atom. The first-order valence-electron chi connectivity index (χ1n) is 5.15. The number of carboxylic acids is 1. The van der Waals surface area contributed by atoms with Gasteiger partial charge in [-0.15, -0.1) is 0 Å². The summed E-state index contributed by atoms with van der Waals surface area (Å²) in [6.45, 7) is 4.07. The number of piperidine rings is 1. The van der Waals surface area contributed by atoms with Gasteiger partial charge in [0, 0.05) is 13.1 Å². The minimum absolute atomic E-state index is 0.526. The van der Waals surface area contributed by atoms with Crippen molar-refractivity contribution in [3.8, 4) is 0 Å². The number of rotatable bonds is 2. The van der Waals surface area contributed by atoms with Crippen LogP contribution in [0, 0.1) is 0 Å². The van der Waals surface area contributed by atoms with Crippen LogP contribution in [-0.4, -0.2) is 40.8 Å². The van der Waals surface area contributed by atoms with Crippen LogP contribution in [0.1, 0.15) is 33.1 Å². The average molecular weight is 215 g/mol. The highest BCUT2D eigenvalue weighted by Gasteiger charge is 2.33. The third-order valence-corrected chi connectivity index (χ3v) is 2.47. The second-order valence-corrected chi connectivity index (χ2v) is 4.23. The van der Waals surface area contributed by atoms with Gasteiger partial charge in [0.15, 0.2) is 0 Å². The molecule has 1 heterocycles. The first-order valence-corrected chi connectivity index (χ1v) is 5.15. The fraction of sp³-hybridized carbons (Fsp3) is 0.800. The summed E-state index contributed by atoms with van der Waals surface area (Å²) in [4.78, 5) is 23.9. The molecule has 86 valence electrons. The van der Waals surface area contributed by atoms with E-state index >= 15 is 0 Å². The van der Waals surface area contributed by atoms with E-state index in [1.807, 2.05) is 0 Å². The van der Waals surface area contributed by atoms with Gasteiger partial charge >= 0.3 is 12.1 Å². The summed E-state index contributed by atoms with van der Waals surface area (Å²) in [5.41, 5.74) is -1.45. The summed E-state index contributed by atoms with van der Waals surface area (Å²) in [6.07, 6.45) is 2.51. The molecule has 0 atom stereocenters. The molecule has 0 aromatic heterocycles. The fourth-order valence-electron chi connectivity index (χ4n) is 1.40. The van der Waals surface area contributed by atoms with Gasteiger partial charge in [-0.05, 0) is 33.1 Å². The lowest BCUT2D eigenvalue weighted by Gasteiger charge is -2.29. The largest absolute Gasteiger partial charge is 0.478 e. The van der Waals surface area contributed by atoms with E-state index in [1.165, 1.54) is 13.8 Å². The van der Waals surface area contributed by atoms with Crippen LogP contribution in [0.5, 0.6) is 0 Å². The maximum absolute atomic E-state index is 11.6. The Balaban J connectivity index is 2.50. The first-order chi connectivity index (χ1) is 6.93. The predicted octanol–water partition coefficient (Wildman–Crippen LogP) is 1.47. The summed E-state index contributed by atoms with van der Waals surface area (Å²) in [6, 6.07) is 0. The molecule has 1 N–H and O–H groups in total. The van der Waals surface area contributed by atoms with Crippen LogP contribution in [0.2, 0.25) is 0 Å². The van der Waals surface area contributed by atoms with Crippen LogP contribution in [0.4, 0.5) is 4.79 Å². The number of hydrogen-bond acceptors (Lipinski definition) is 3. The van der Waals surface area contributed by atoms with Crippen LogP contribution in [0.25, 0.3) is 0 Å². The molecular formula is C10H17NO4. The van der Waals surface area contributed by atoms with Gasteiger partial charge in [0.05, 0.1) is 0 Å². The molecule has 0 spiro atoms. The Bertz CT molecular complexity index is 256. The summed E-state index contributed by atoms with van der Waals surface area (Å²) in [5.74, 6) is -1.13. The number of ether oxygens (including phenoxy) is 1. The van der Waals surface area contributed by atoms with E-state index in [0.717, 1.165) is 19.3 Å². The first kappa shape index (κ1) is 11.8. The molecule has 0 radical (unpaired) electrons. The van der Waals surface area contributed by atoms with E-state index < -0.39 is 17.7 Å². The van der Waals surface area contributed by atoms with E-state index in [4.69, 9.17) is 9.84 Å². The van der Waals surface area contributed by atoms with Crippen molar-refractivity contribution < 1.29 is 19.4 Å². The highest BCUT2D eigenvalue weighted by atomic mass is 16.6. The highest BCUT2D eigenvalue weighted by Crippen LogP contribution is 2.15. The Kier molecular flexibility index (Phi) is 3.55. The SMILES string of the molecule is CC(C)(OC(=O)N1CCCCC1)C(=O)O. The second kappa shape index (κ2) is 4.51. The van der Waals surface area contributed by atoms with Crippen LogP contribution in [0.15, 0.2) is 0 Å². The number of carbonyl (C=O) groups excluding carboxylic acids is 1. The number of carbonyl (C=O) groups is 2. The molecule has 0 bridgehead atoms. The van der Waals surface area contributed by atoms with Gasteiger partial charge in [-0.3, -0.25) is 0 Å². The lowest BCUT2D eigenvalue weighted by atomic mass is 10.1. The fourth-order valence-corrected chi connectivity index (χ4v) is 1.40. The van der Waals surface area contributed by atoms with Gasteiger partial charge in [0.1, 0.15) is 0 Å². The van der Waals surface area contributed by atoms with E-state index in [0.29, 0.717) is 13.1 Å². The maximum atomic E-state index is 11.6. The Labute approximate surface area is 89.0 Å². The summed E-state index contributed by atoms with van der Waals surface area (Å²) in [7, 11) is 0. The normalized spacial score (nSPS) is 17.3. The third kappa shape index (κ3) is 3.11. The van der Waals surface area contributed by atoms with Crippen molar-refractivity contribution >= 4 is 12.1 Å². The Hall–Kier alpha value is -1.26. The molecule has 0 aromatic rings. The quantitative estimate of drug-likeness (QED) is 0.757. The number of aliphatic carboxylic acids is 1. The number of carboxylic acid groups (broad SMARTS) is 1. The highest BCUT2D eigenvalue weighted by molar-refractivity contribution is 5.80. The van der Waals surface area contributed by atoms with Crippen molar-refractivity contribution in [1.29, 1.82) is 0 Å². The molecular weight excluding hydrogens is 198 g/mol. The van der Waals surface area contributed by atoms with E-state index in [2.05, 4.69) is 0 Å². The molecule has 0 unspecified atom stereocenters. The van der Waals surface area contributed by atoms with Gasteiger partial charge in [-0.25, -0.2) is 9.59 Å². The summed E-state index contributed by atoms with van der Waals surface area (Å²) >= 11 is 0. The maximum Gasteiger partial charge on any atom is 0.410 e. The average Bonchev–Trinajstić information content (AvgIpc) is 2.18. The molecule has 5 heteroatoms. The Morgan fingerprint density at radius 2 is 1.73 bits per heavy atom. The minimum atomic E-state index is -1.45. The zero-order valence-corrected chi connectivity index (χ0v) is 9.15. The lowest BCUT2D eigenvalue weighted by molar-refractivity contribution is -0.155. The Morgan fingerprint density at radius 1 is 1.20 bits per heavy atom. The van der Waals surface area contributed by atoms with Crippen molar-refractivity contribution in [1.82, 2.24) is 4.90 Å². The molecule has 1 fully saturated rings. The monoisotopic (exact) mass is 215 g/mol. The molecule has 1 aliphatic heterocycles. The van der Waals surface area contributed by atoms with E-state index in [-0.39, 0.29) is 0 Å². The summed E-state index contributed by atoms with van der Waals surface area (Å²) < 4.78 is 4.93. The van der Waals surface area contributed by atoms with Gasteiger partial charge < -0.3 is 14.7 Å². The van der Waals surface area contributed by atoms with Gasteiger partial charge in [-0.1, -0.05) is 0 Å². The molecule has 1 amide bonds. The zero-order chi connectivity index (χ0) is 11.5. The standard InChI is InChI=1S/C10H17NO4/c1-10(2,8(12)13)15-9(14)11-6-4-3-5-7-11/h3-7H2,1-2H3,(H,12,13). The molecule has 1 aliphatic rings. The number of amides is 1. The second-order valence-electron chi connectivity index (χ2n) is 4.23. The van der Waals surface area contributed by atoms with Crippen molar-refractivity contribution in [2.24, 2.45) is 0 Å². The van der Waals surface area contributed by atoms with Crippen LogP contribution in [-0.2, 0) is 9.53 Å². The van der Waals surface area contributed by atoms with E-state index in [9.17, 15) is 9.59 Å². The molecule has 0 saturated carbocycles. The molecule has 15 heavy (non-hydrogen) atoms. The zero-order valence-electron chi connectivity index (χ0n) is 9.15. The number of nitrogens with zero attached hydrogens (tertiary/aromatic N) is 1. The molecule has 1 rings (SSSR count). The molecule has 1 saturated heterocycles. The third-order valence-electron chi connectivity index (χ3n) is 2.47. The number of likely N-dealkylation sites (tertiary alicyclic amines) is 1. The molecule has 5 nitrogen and oxygen atoms in total. The molecule has 0 aromatic carbocycles. The smallest absolute Gasteiger partial charge is 0.410 e. The van der Waals surface area contributed by atoms with Gasteiger partial charge in [0.2, 0.25) is 5.60 Å². The van der Waals surface area contributed by atoms with E-state index in [1.54, 1.807) is 4.90 Å². The molecule has 0 aliphatic carbocycles. The van der Waals surface area contributed by atoms with Gasteiger partial charge in [-0.2, -0.15) is 0 Å². The van der Waals surface area contributed by atoms with Crippen molar-refractivity contribution in [2.75, 3.05) is 13.1 Å². The summed E-state index contributed by atoms with van der Waals surface area (Å²) in [5, 5.41) is 8.79.